The molecular weight excluding hydrogens is 438 g/mol. The molecule has 0 aromatic heterocycles. The molecule has 33 heavy (non-hydrogen) atoms. The first kappa shape index (κ1) is 23.5. The number of hydrogen-bond acceptors (Lipinski definition) is 6. The van der Waals surface area contributed by atoms with Crippen LogP contribution in [0.4, 0.5) is 0 Å². The minimum absolute atomic E-state index is 0.267. The zero-order chi connectivity index (χ0) is 23.6. The zero-order valence-electron chi connectivity index (χ0n) is 19.3. The predicted octanol–water partition coefficient (Wildman–Crippen LogP) is 3.30. The van der Waals surface area contributed by atoms with Crippen LogP contribution in [0, 0.1) is 0 Å². The van der Waals surface area contributed by atoms with Crippen molar-refractivity contribution in [3.05, 3.63) is 71.1 Å². The number of carbonyl (C=O) groups excluding carboxylic acids is 1. The van der Waals surface area contributed by atoms with E-state index in [1.165, 1.54) is 6.92 Å². The van der Waals surface area contributed by atoms with Crippen LogP contribution in [0.2, 0.25) is 5.04 Å². The highest BCUT2D eigenvalue weighted by molar-refractivity contribution is 6.99. The van der Waals surface area contributed by atoms with Gasteiger partial charge in [-0.2, -0.15) is 0 Å². The van der Waals surface area contributed by atoms with Gasteiger partial charge in [-0.3, -0.25) is 4.79 Å². The third-order valence-corrected chi connectivity index (χ3v) is 11.3. The molecule has 9 heteroatoms. The molecule has 0 spiro atoms. The molecule has 0 N–H and O–H groups in total. The van der Waals surface area contributed by atoms with Gasteiger partial charge in [0.1, 0.15) is 24.4 Å². The van der Waals surface area contributed by atoms with E-state index in [0.717, 1.165) is 10.4 Å². The Morgan fingerprint density at radius 3 is 2.12 bits per heavy atom. The summed E-state index contributed by atoms with van der Waals surface area (Å²) in [5.74, 6) is -0.476. The lowest BCUT2D eigenvalue weighted by Gasteiger charge is -2.48. The van der Waals surface area contributed by atoms with Gasteiger partial charge in [-0.15, -0.1) is 0 Å². The Hall–Kier alpha value is -2.68. The summed E-state index contributed by atoms with van der Waals surface area (Å²) in [6, 6.07) is 19.5. The smallest absolute Gasteiger partial charge is 0.303 e. The van der Waals surface area contributed by atoms with Crippen LogP contribution in [-0.2, 0) is 23.4 Å². The normalized spacial score (nSPS) is 27.0. The average molecular weight is 468 g/mol. The van der Waals surface area contributed by atoms with Crippen molar-refractivity contribution in [1.82, 2.24) is 0 Å². The van der Waals surface area contributed by atoms with E-state index in [1.54, 1.807) is 0 Å². The molecule has 0 saturated carbocycles. The third-order valence-electron chi connectivity index (χ3n) is 6.26. The lowest BCUT2D eigenvalue weighted by atomic mass is 9.99. The van der Waals surface area contributed by atoms with Crippen LogP contribution in [0.3, 0.4) is 0 Å². The van der Waals surface area contributed by atoms with E-state index in [0.29, 0.717) is 0 Å². The Morgan fingerprint density at radius 2 is 1.64 bits per heavy atom. The quantitative estimate of drug-likeness (QED) is 0.213. The fourth-order valence-corrected chi connectivity index (χ4v) is 9.61. The molecule has 4 rings (SSSR count). The highest BCUT2D eigenvalue weighted by Gasteiger charge is 2.59. The molecule has 2 unspecified atom stereocenters. The van der Waals surface area contributed by atoms with Crippen molar-refractivity contribution in [2.45, 2.75) is 63.4 Å². The van der Waals surface area contributed by atoms with Crippen molar-refractivity contribution in [2.24, 2.45) is 5.11 Å². The molecule has 5 atom stereocenters. The Bertz CT molecular complexity index is 984. The average Bonchev–Trinajstić information content (AvgIpc) is 3.22. The number of esters is 1. The van der Waals surface area contributed by atoms with Crippen LogP contribution in [0.5, 0.6) is 0 Å². The van der Waals surface area contributed by atoms with Gasteiger partial charge in [0.15, 0.2) is 6.29 Å². The summed E-state index contributed by atoms with van der Waals surface area (Å²) in [5.41, 5.74) is 9.18. The highest BCUT2D eigenvalue weighted by Crippen LogP contribution is 2.42. The monoisotopic (exact) mass is 467 g/mol. The Balaban J connectivity index is 1.89. The van der Waals surface area contributed by atoms with Crippen molar-refractivity contribution in [3.63, 3.8) is 0 Å². The first-order valence-corrected chi connectivity index (χ1v) is 13.0. The second-order valence-corrected chi connectivity index (χ2v) is 13.6. The summed E-state index contributed by atoms with van der Waals surface area (Å²) in [4.78, 5) is 15.0. The molecule has 174 valence electrons. The van der Waals surface area contributed by atoms with Gasteiger partial charge in [0.25, 0.3) is 8.32 Å². The van der Waals surface area contributed by atoms with Gasteiger partial charge < -0.3 is 18.6 Å². The van der Waals surface area contributed by atoms with E-state index in [2.05, 4.69) is 55.1 Å². The van der Waals surface area contributed by atoms with Crippen molar-refractivity contribution in [2.75, 3.05) is 6.61 Å². The molecule has 2 aromatic rings. The van der Waals surface area contributed by atoms with E-state index in [-0.39, 0.29) is 11.6 Å². The maximum atomic E-state index is 12.1. The number of fused-ring (bicyclic) bond motifs is 2. The summed E-state index contributed by atoms with van der Waals surface area (Å²) in [5, 5.41) is 5.76. The second-order valence-electron chi connectivity index (χ2n) is 9.39. The molecule has 2 aromatic carbocycles. The number of hydrogen-bond donors (Lipinski definition) is 0. The molecule has 2 saturated heterocycles. The van der Waals surface area contributed by atoms with Gasteiger partial charge in [0, 0.05) is 11.8 Å². The second kappa shape index (κ2) is 9.28. The maximum Gasteiger partial charge on any atom is 0.303 e. The van der Waals surface area contributed by atoms with Gasteiger partial charge >= 0.3 is 5.97 Å². The first-order valence-electron chi connectivity index (χ1n) is 11.1. The van der Waals surface area contributed by atoms with Crippen LogP contribution in [-0.4, -0.2) is 51.5 Å². The Labute approximate surface area is 194 Å². The summed E-state index contributed by atoms with van der Waals surface area (Å²) >= 11 is 0. The lowest BCUT2D eigenvalue weighted by Crippen LogP contribution is -2.71. The molecule has 2 bridgehead atoms. The summed E-state index contributed by atoms with van der Waals surface area (Å²) in [7, 11) is -2.98. The number of nitrogens with zero attached hydrogens (tertiary/aromatic N) is 3. The van der Waals surface area contributed by atoms with Crippen molar-refractivity contribution in [3.8, 4) is 0 Å². The standard InChI is InChI=1S/C24H29N3O5Si/c1-16(28)30-22-20(26-27-25)23-29-15-19(31-23)21(22)32-33(24(2,3)4,17-11-7-5-8-12-17)18-13-9-6-10-14-18/h5-14,19-23H,15H2,1-4H3/t19?,20?,21-,22-,23-/m0/s1. The Kier molecular flexibility index (Phi) is 6.60. The van der Waals surface area contributed by atoms with E-state index in [4.69, 9.17) is 18.6 Å². The molecule has 2 fully saturated rings. The number of benzene rings is 2. The summed E-state index contributed by atoms with van der Waals surface area (Å²) in [6.45, 7) is 8.11. The number of azide groups is 1. The predicted molar refractivity (Wildman–Crippen MR) is 126 cm³/mol. The van der Waals surface area contributed by atoms with E-state index < -0.39 is 44.9 Å². The molecular formula is C24H29N3O5Si. The molecule has 0 amide bonds. The summed E-state index contributed by atoms with van der Waals surface area (Å²) < 4.78 is 24.7. The lowest BCUT2D eigenvalue weighted by molar-refractivity contribution is -0.193. The maximum absolute atomic E-state index is 12.1. The largest absolute Gasteiger partial charge is 0.459 e. The SMILES string of the molecule is CC(=O)O[C@H]1C(N=[N+]=[N-])[C@H]2OCC(O2)[C@@H]1O[Si](c1ccccc1)(c1ccccc1)C(C)(C)C. The highest BCUT2D eigenvalue weighted by atomic mass is 28.4. The van der Waals surface area contributed by atoms with Crippen molar-refractivity contribution >= 4 is 24.7 Å². The van der Waals surface area contributed by atoms with Gasteiger partial charge in [0.05, 0.1) is 6.61 Å². The topological polar surface area (TPSA) is 103 Å². The molecule has 0 radical (unpaired) electrons. The van der Waals surface area contributed by atoms with E-state index in [1.807, 2.05) is 36.4 Å². The molecule has 2 aliphatic rings. The molecule has 2 aliphatic heterocycles. The van der Waals surface area contributed by atoms with Gasteiger partial charge in [-0.25, -0.2) is 0 Å². The van der Waals surface area contributed by atoms with Gasteiger partial charge in [0.2, 0.25) is 0 Å². The van der Waals surface area contributed by atoms with Crippen LogP contribution in [0.25, 0.3) is 10.4 Å². The Morgan fingerprint density at radius 1 is 1.06 bits per heavy atom. The van der Waals surface area contributed by atoms with Crippen LogP contribution in [0.15, 0.2) is 65.8 Å². The first-order chi connectivity index (χ1) is 15.8. The third kappa shape index (κ3) is 4.30. The fourth-order valence-electron chi connectivity index (χ4n) is 4.90. The number of rotatable bonds is 6. The van der Waals surface area contributed by atoms with Crippen molar-refractivity contribution in [1.29, 1.82) is 0 Å². The minimum atomic E-state index is -2.98. The van der Waals surface area contributed by atoms with Crippen LogP contribution < -0.4 is 10.4 Å². The molecule has 2 heterocycles. The summed E-state index contributed by atoms with van der Waals surface area (Å²) in [6.07, 6.45) is -2.72. The van der Waals surface area contributed by atoms with Gasteiger partial charge in [-0.05, 0) is 20.9 Å². The van der Waals surface area contributed by atoms with E-state index in [9.17, 15) is 10.3 Å². The fraction of sp³-hybridized carbons (Fsp3) is 0.458. The van der Waals surface area contributed by atoms with Gasteiger partial charge in [-0.1, -0.05) is 86.5 Å². The van der Waals surface area contributed by atoms with Crippen LogP contribution >= 0.6 is 0 Å². The molecule has 8 nitrogen and oxygen atoms in total. The van der Waals surface area contributed by atoms with Crippen LogP contribution in [0.1, 0.15) is 27.7 Å². The van der Waals surface area contributed by atoms with Crippen molar-refractivity contribution < 1.29 is 23.4 Å². The zero-order valence-corrected chi connectivity index (χ0v) is 20.3. The number of carbonyl (C=O) groups is 1. The minimum Gasteiger partial charge on any atom is -0.459 e. The number of ether oxygens (including phenoxy) is 3. The molecule has 0 aliphatic carbocycles. The van der Waals surface area contributed by atoms with E-state index >= 15 is 0 Å².